The van der Waals surface area contributed by atoms with E-state index in [9.17, 15) is 14.7 Å². The number of nitrogens with zero attached hydrogens (tertiary/aromatic N) is 2. The number of likely N-dealkylation sites (tertiary alicyclic amines) is 1. The Morgan fingerprint density at radius 3 is 2.33 bits per heavy atom. The molecule has 2 aromatic rings. The first-order chi connectivity index (χ1) is 14.2. The Balaban J connectivity index is 2.14. The van der Waals surface area contributed by atoms with Crippen LogP contribution in [-0.2, 0) is 9.59 Å². The average molecular weight is 408 g/mol. The number of methoxy groups -OCH3 is 1. The van der Waals surface area contributed by atoms with Gasteiger partial charge < -0.3 is 19.6 Å². The SMILES string of the molecule is COc1ccc(/C(O)=C2\C(=O)C(=O)N(CCN(C)C)[C@H]2c2ccc(C)cc2)cc1C. The maximum Gasteiger partial charge on any atom is 0.295 e. The van der Waals surface area contributed by atoms with Crippen LogP contribution in [0, 0.1) is 13.8 Å². The summed E-state index contributed by atoms with van der Waals surface area (Å²) in [7, 11) is 5.41. The molecule has 3 rings (SSSR count). The summed E-state index contributed by atoms with van der Waals surface area (Å²) in [6.07, 6.45) is 0. The predicted octanol–water partition coefficient (Wildman–Crippen LogP) is 3.30. The van der Waals surface area contributed by atoms with Crippen LogP contribution >= 0.6 is 0 Å². The number of rotatable bonds is 6. The Bertz CT molecular complexity index is 993. The van der Waals surface area contributed by atoms with Gasteiger partial charge in [0.2, 0.25) is 0 Å². The number of aliphatic hydroxyl groups is 1. The molecule has 0 unspecified atom stereocenters. The molecule has 1 aliphatic rings. The summed E-state index contributed by atoms with van der Waals surface area (Å²) < 4.78 is 5.28. The van der Waals surface area contributed by atoms with Gasteiger partial charge in [0.05, 0.1) is 18.7 Å². The lowest BCUT2D eigenvalue weighted by Crippen LogP contribution is -2.35. The van der Waals surface area contributed by atoms with Gasteiger partial charge in [-0.05, 0) is 57.3 Å². The van der Waals surface area contributed by atoms with Crippen molar-refractivity contribution in [1.29, 1.82) is 0 Å². The Morgan fingerprint density at radius 1 is 1.10 bits per heavy atom. The quantitative estimate of drug-likeness (QED) is 0.451. The molecule has 0 bridgehead atoms. The molecule has 1 saturated heterocycles. The zero-order chi connectivity index (χ0) is 22.0. The predicted molar refractivity (Wildman–Crippen MR) is 116 cm³/mol. The third-order valence-electron chi connectivity index (χ3n) is 5.39. The summed E-state index contributed by atoms with van der Waals surface area (Å²) in [6.45, 7) is 4.83. The second-order valence-electron chi connectivity index (χ2n) is 7.89. The van der Waals surface area contributed by atoms with E-state index in [1.807, 2.05) is 57.1 Å². The lowest BCUT2D eigenvalue weighted by molar-refractivity contribution is -0.140. The number of aliphatic hydroxyl groups excluding tert-OH is 1. The van der Waals surface area contributed by atoms with Crippen molar-refractivity contribution in [3.05, 3.63) is 70.3 Å². The number of hydrogen-bond donors (Lipinski definition) is 1. The van der Waals surface area contributed by atoms with Gasteiger partial charge in [-0.25, -0.2) is 0 Å². The highest BCUT2D eigenvalue weighted by atomic mass is 16.5. The topological polar surface area (TPSA) is 70.1 Å². The number of ketones is 1. The minimum Gasteiger partial charge on any atom is -0.507 e. The molecule has 30 heavy (non-hydrogen) atoms. The van der Waals surface area contributed by atoms with Gasteiger partial charge in [-0.1, -0.05) is 29.8 Å². The van der Waals surface area contributed by atoms with Crippen molar-refractivity contribution >= 4 is 17.4 Å². The molecule has 0 radical (unpaired) electrons. The summed E-state index contributed by atoms with van der Waals surface area (Å²) in [5.74, 6) is -0.732. The van der Waals surface area contributed by atoms with E-state index in [0.717, 1.165) is 16.7 Å². The van der Waals surface area contributed by atoms with E-state index < -0.39 is 17.7 Å². The van der Waals surface area contributed by atoms with Crippen LogP contribution in [0.3, 0.4) is 0 Å². The first-order valence-electron chi connectivity index (χ1n) is 9.89. The molecule has 0 spiro atoms. The van der Waals surface area contributed by atoms with Crippen LogP contribution in [0.1, 0.15) is 28.3 Å². The number of likely N-dealkylation sites (N-methyl/N-ethyl adjacent to an activating group) is 1. The van der Waals surface area contributed by atoms with E-state index in [1.54, 1.807) is 30.2 Å². The van der Waals surface area contributed by atoms with E-state index >= 15 is 0 Å². The van der Waals surface area contributed by atoms with Gasteiger partial charge in [-0.3, -0.25) is 9.59 Å². The van der Waals surface area contributed by atoms with Gasteiger partial charge in [0.15, 0.2) is 0 Å². The Labute approximate surface area is 177 Å². The van der Waals surface area contributed by atoms with Gasteiger partial charge >= 0.3 is 0 Å². The molecule has 0 aliphatic carbocycles. The standard InChI is InChI=1S/C24H28N2O4/c1-15-6-8-17(9-7-15)21-20(23(28)24(29)26(21)13-12-25(3)4)22(27)18-10-11-19(30-5)16(2)14-18/h6-11,14,21,27H,12-13H2,1-5H3/b22-20+/t21-/m0/s1. The second-order valence-corrected chi connectivity index (χ2v) is 7.89. The van der Waals surface area contributed by atoms with Crippen molar-refractivity contribution in [2.45, 2.75) is 19.9 Å². The van der Waals surface area contributed by atoms with E-state index in [-0.39, 0.29) is 11.3 Å². The molecule has 1 amide bonds. The Hall–Kier alpha value is -3.12. The van der Waals surface area contributed by atoms with E-state index in [1.165, 1.54) is 0 Å². The number of carbonyl (C=O) groups is 2. The van der Waals surface area contributed by atoms with Crippen molar-refractivity contribution in [2.75, 3.05) is 34.3 Å². The largest absolute Gasteiger partial charge is 0.507 e. The fraction of sp³-hybridized carbons (Fsp3) is 0.333. The van der Waals surface area contributed by atoms with Crippen molar-refractivity contribution in [1.82, 2.24) is 9.80 Å². The summed E-state index contributed by atoms with van der Waals surface area (Å²) in [4.78, 5) is 29.4. The van der Waals surface area contributed by atoms with Crippen LogP contribution in [-0.4, -0.2) is 60.9 Å². The fourth-order valence-corrected chi connectivity index (χ4v) is 3.69. The summed E-state index contributed by atoms with van der Waals surface area (Å²) in [5, 5.41) is 11.1. The van der Waals surface area contributed by atoms with E-state index in [2.05, 4.69) is 0 Å². The Kier molecular flexibility index (Phi) is 6.27. The maximum absolute atomic E-state index is 13.0. The van der Waals surface area contributed by atoms with Crippen LogP contribution in [0.5, 0.6) is 5.75 Å². The average Bonchev–Trinajstić information content (AvgIpc) is 2.96. The molecule has 1 heterocycles. The molecule has 0 saturated carbocycles. The highest BCUT2D eigenvalue weighted by molar-refractivity contribution is 6.46. The molecule has 1 aliphatic heterocycles. The minimum absolute atomic E-state index is 0.118. The minimum atomic E-state index is -0.662. The second kappa shape index (κ2) is 8.71. The first kappa shape index (κ1) is 21.6. The number of amides is 1. The number of Topliss-reactive ketones (excluding diaryl/α,β-unsaturated/α-hetero) is 1. The van der Waals surface area contributed by atoms with Crippen LogP contribution < -0.4 is 4.74 Å². The molecule has 6 heteroatoms. The summed E-state index contributed by atoms with van der Waals surface area (Å²) >= 11 is 0. The zero-order valence-electron chi connectivity index (χ0n) is 18.1. The fourth-order valence-electron chi connectivity index (χ4n) is 3.69. The molecule has 0 aromatic heterocycles. The van der Waals surface area contributed by atoms with Crippen molar-refractivity contribution in [3.63, 3.8) is 0 Å². The molecule has 1 N–H and O–H groups in total. The molecule has 6 nitrogen and oxygen atoms in total. The van der Waals surface area contributed by atoms with Crippen LogP contribution in [0.2, 0.25) is 0 Å². The Morgan fingerprint density at radius 2 is 1.77 bits per heavy atom. The van der Waals surface area contributed by atoms with Crippen LogP contribution in [0.4, 0.5) is 0 Å². The number of benzene rings is 2. The molecular weight excluding hydrogens is 380 g/mol. The third kappa shape index (κ3) is 4.09. The zero-order valence-corrected chi connectivity index (χ0v) is 18.1. The molecular formula is C24H28N2O4. The maximum atomic E-state index is 13.0. The van der Waals surface area contributed by atoms with Gasteiger partial charge in [0, 0.05) is 18.7 Å². The van der Waals surface area contributed by atoms with Crippen molar-refractivity contribution in [3.8, 4) is 5.75 Å². The number of hydrogen-bond acceptors (Lipinski definition) is 5. The smallest absolute Gasteiger partial charge is 0.295 e. The normalized spacial score (nSPS) is 18.3. The number of carbonyl (C=O) groups excluding carboxylic acids is 2. The molecule has 1 atom stereocenters. The lowest BCUT2D eigenvalue weighted by Gasteiger charge is -2.26. The highest BCUT2D eigenvalue weighted by Crippen LogP contribution is 2.39. The van der Waals surface area contributed by atoms with Gasteiger partial charge in [0.25, 0.3) is 11.7 Å². The van der Waals surface area contributed by atoms with Gasteiger partial charge in [0.1, 0.15) is 11.5 Å². The monoisotopic (exact) mass is 408 g/mol. The number of ether oxygens (including phenoxy) is 1. The third-order valence-corrected chi connectivity index (χ3v) is 5.39. The number of aryl methyl sites for hydroxylation is 2. The van der Waals surface area contributed by atoms with Crippen molar-refractivity contribution < 1.29 is 19.4 Å². The van der Waals surface area contributed by atoms with Crippen LogP contribution in [0.25, 0.3) is 5.76 Å². The molecule has 1 fully saturated rings. The van der Waals surface area contributed by atoms with Crippen LogP contribution in [0.15, 0.2) is 48.0 Å². The summed E-state index contributed by atoms with van der Waals surface area (Å²) in [5.41, 5.74) is 3.30. The van der Waals surface area contributed by atoms with Gasteiger partial charge in [-0.15, -0.1) is 0 Å². The van der Waals surface area contributed by atoms with E-state index in [4.69, 9.17) is 4.74 Å². The first-order valence-corrected chi connectivity index (χ1v) is 9.89. The van der Waals surface area contributed by atoms with Gasteiger partial charge in [-0.2, -0.15) is 0 Å². The lowest BCUT2D eigenvalue weighted by atomic mass is 9.94. The highest BCUT2D eigenvalue weighted by Gasteiger charge is 2.45. The van der Waals surface area contributed by atoms with Crippen molar-refractivity contribution in [2.24, 2.45) is 0 Å². The van der Waals surface area contributed by atoms with E-state index in [0.29, 0.717) is 24.4 Å². The summed E-state index contributed by atoms with van der Waals surface area (Å²) in [6, 6.07) is 12.3. The molecule has 2 aromatic carbocycles. The molecule has 158 valence electrons.